The van der Waals surface area contributed by atoms with E-state index in [9.17, 15) is 4.79 Å². The molecule has 1 atom stereocenters. The lowest BCUT2D eigenvalue weighted by Crippen LogP contribution is -2.26. The number of nitrogens with one attached hydrogen (secondary N) is 1. The molecule has 0 aliphatic rings. The van der Waals surface area contributed by atoms with Crippen LogP contribution in [-0.2, 0) is 4.79 Å². The standard InChI is InChI=1S/C21H24N4O2/c1-16-5-11-20(12-6-16)27-13-3-4-21(26)24-17(2)18-7-9-19(10-8-18)25-15-22-14-23-25/h5-12,14-15,17H,3-4,13H2,1-2H3,(H,24,26). The van der Waals surface area contributed by atoms with Gasteiger partial charge in [-0.15, -0.1) is 0 Å². The largest absolute Gasteiger partial charge is 0.494 e. The molecule has 0 saturated carbocycles. The minimum absolute atomic E-state index is 0.0235. The van der Waals surface area contributed by atoms with Crippen LogP contribution < -0.4 is 10.1 Å². The fourth-order valence-corrected chi connectivity index (χ4v) is 2.71. The van der Waals surface area contributed by atoms with Crippen LogP contribution in [-0.4, -0.2) is 27.3 Å². The maximum absolute atomic E-state index is 12.1. The molecule has 0 bridgehead atoms. The Morgan fingerprint density at radius 2 is 1.89 bits per heavy atom. The molecule has 1 heterocycles. The number of carbonyl (C=O) groups excluding carboxylic acids is 1. The molecule has 0 spiro atoms. The summed E-state index contributed by atoms with van der Waals surface area (Å²) in [6.45, 7) is 4.54. The van der Waals surface area contributed by atoms with Gasteiger partial charge in [-0.3, -0.25) is 4.79 Å². The Morgan fingerprint density at radius 1 is 1.15 bits per heavy atom. The first-order valence-corrected chi connectivity index (χ1v) is 9.05. The van der Waals surface area contributed by atoms with Crippen molar-refractivity contribution in [1.82, 2.24) is 20.1 Å². The second-order valence-electron chi connectivity index (χ2n) is 6.49. The van der Waals surface area contributed by atoms with Gasteiger partial charge in [-0.05, 0) is 50.1 Å². The van der Waals surface area contributed by atoms with Crippen LogP contribution in [0.3, 0.4) is 0 Å². The molecule has 3 aromatic rings. The third kappa shape index (κ3) is 5.41. The van der Waals surface area contributed by atoms with E-state index in [2.05, 4.69) is 15.4 Å². The number of ether oxygens (including phenoxy) is 1. The summed E-state index contributed by atoms with van der Waals surface area (Å²) in [5.41, 5.74) is 3.18. The number of amides is 1. The number of carbonyl (C=O) groups is 1. The second-order valence-corrected chi connectivity index (χ2v) is 6.49. The van der Waals surface area contributed by atoms with Gasteiger partial charge >= 0.3 is 0 Å². The van der Waals surface area contributed by atoms with E-state index in [0.29, 0.717) is 19.4 Å². The van der Waals surface area contributed by atoms with E-state index in [0.717, 1.165) is 17.0 Å². The molecule has 1 amide bonds. The monoisotopic (exact) mass is 364 g/mol. The molecule has 0 fully saturated rings. The first kappa shape index (κ1) is 18.6. The van der Waals surface area contributed by atoms with Gasteiger partial charge in [0.2, 0.25) is 5.91 Å². The maximum atomic E-state index is 12.1. The van der Waals surface area contributed by atoms with E-state index >= 15 is 0 Å². The molecule has 1 aromatic heterocycles. The van der Waals surface area contributed by atoms with Crippen molar-refractivity contribution in [2.24, 2.45) is 0 Å². The van der Waals surface area contributed by atoms with Crippen LogP contribution in [0.15, 0.2) is 61.2 Å². The molecule has 3 rings (SSSR count). The minimum atomic E-state index is -0.0553. The van der Waals surface area contributed by atoms with Crippen molar-refractivity contribution < 1.29 is 9.53 Å². The number of hydrogen-bond acceptors (Lipinski definition) is 4. The average Bonchev–Trinajstić information content (AvgIpc) is 3.21. The summed E-state index contributed by atoms with van der Waals surface area (Å²) in [4.78, 5) is 16.1. The van der Waals surface area contributed by atoms with Gasteiger partial charge in [0.25, 0.3) is 0 Å². The summed E-state index contributed by atoms with van der Waals surface area (Å²) in [6, 6.07) is 15.8. The zero-order valence-electron chi connectivity index (χ0n) is 15.6. The number of aromatic nitrogens is 3. The van der Waals surface area contributed by atoms with Gasteiger partial charge in [-0.2, -0.15) is 5.10 Å². The fraction of sp³-hybridized carbons (Fsp3) is 0.286. The Kier molecular flexibility index (Phi) is 6.20. The lowest BCUT2D eigenvalue weighted by molar-refractivity contribution is -0.121. The van der Waals surface area contributed by atoms with Crippen molar-refractivity contribution in [1.29, 1.82) is 0 Å². The molecular formula is C21H24N4O2. The molecule has 1 unspecified atom stereocenters. The summed E-state index contributed by atoms with van der Waals surface area (Å²) >= 11 is 0. The number of benzene rings is 2. The average molecular weight is 364 g/mol. The van der Waals surface area contributed by atoms with E-state index in [1.54, 1.807) is 11.0 Å². The van der Waals surface area contributed by atoms with Crippen molar-refractivity contribution in [3.8, 4) is 11.4 Å². The van der Waals surface area contributed by atoms with E-state index in [1.807, 2.05) is 62.4 Å². The van der Waals surface area contributed by atoms with Crippen LogP contribution in [0.5, 0.6) is 5.75 Å². The molecule has 0 radical (unpaired) electrons. The topological polar surface area (TPSA) is 69.0 Å². The fourth-order valence-electron chi connectivity index (χ4n) is 2.71. The van der Waals surface area contributed by atoms with Gasteiger partial charge in [0, 0.05) is 6.42 Å². The zero-order chi connectivity index (χ0) is 19.1. The third-order valence-electron chi connectivity index (χ3n) is 4.29. The van der Waals surface area contributed by atoms with Crippen molar-refractivity contribution in [3.05, 3.63) is 72.3 Å². The summed E-state index contributed by atoms with van der Waals surface area (Å²) < 4.78 is 7.35. The van der Waals surface area contributed by atoms with E-state index in [-0.39, 0.29) is 11.9 Å². The van der Waals surface area contributed by atoms with Crippen molar-refractivity contribution in [2.45, 2.75) is 32.7 Å². The quantitative estimate of drug-likeness (QED) is 0.620. The number of rotatable bonds is 8. The first-order chi connectivity index (χ1) is 13.1. The normalized spacial score (nSPS) is 11.8. The highest BCUT2D eigenvalue weighted by Gasteiger charge is 2.10. The van der Waals surface area contributed by atoms with Gasteiger partial charge in [0.1, 0.15) is 18.4 Å². The van der Waals surface area contributed by atoms with Crippen molar-refractivity contribution in [3.63, 3.8) is 0 Å². The second kappa shape index (κ2) is 8.98. The molecule has 0 aliphatic carbocycles. The highest BCUT2D eigenvalue weighted by molar-refractivity contribution is 5.76. The molecule has 0 saturated heterocycles. The summed E-state index contributed by atoms with van der Waals surface area (Å²) in [5, 5.41) is 7.13. The summed E-state index contributed by atoms with van der Waals surface area (Å²) in [7, 11) is 0. The first-order valence-electron chi connectivity index (χ1n) is 9.05. The number of nitrogens with zero attached hydrogens (tertiary/aromatic N) is 3. The van der Waals surface area contributed by atoms with Crippen LogP contribution in [0.1, 0.15) is 36.9 Å². The van der Waals surface area contributed by atoms with Gasteiger partial charge in [0.15, 0.2) is 0 Å². The Labute approximate surface area is 159 Å². The zero-order valence-corrected chi connectivity index (χ0v) is 15.6. The molecular weight excluding hydrogens is 340 g/mol. The smallest absolute Gasteiger partial charge is 0.220 e. The molecule has 6 nitrogen and oxygen atoms in total. The SMILES string of the molecule is Cc1ccc(OCCCC(=O)NC(C)c2ccc(-n3cncn3)cc2)cc1. The Balaban J connectivity index is 1.41. The molecule has 140 valence electrons. The third-order valence-corrected chi connectivity index (χ3v) is 4.29. The lowest BCUT2D eigenvalue weighted by atomic mass is 10.1. The van der Waals surface area contributed by atoms with E-state index in [4.69, 9.17) is 4.74 Å². The molecule has 6 heteroatoms. The number of hydrogen-bond donors (Lipinski definition) is 1. The van der Waals surface area contributed by atoms with Crippen LogP contribution >= 0.6 is 0 Å². The van der Waals surface area contributed by atoms with Crippen LogP contribution in [0.4, 0.5) is 0 Å². The molecule has 1 N–H and O–H groups in total. The molecule has 27 heavy (non-hydrogen) atoms. The summed E-state index contributed by atoms with van der Waals surface area (Å²) in [6.07, 6.45) is 4.27. The van der Waals surface area contributed by atoms with Gasteiger partial charge in [0.05, 0.1) is 18.3 Å². The van der Waals surface area contributed by atoms with Crippen molar-refractivity contribution in [2.75, 3.05) is 6.61 Å². The predicted octanol–water partition coefficient (Wildman–Crippen LogP) is 3.61. The van der Waals surface area contributed by atoms with Crippen LogP contribution in [0.2, 0.25) is 0 Å². The van der Waals surface area contributed by atoms with E-state index < -0.39 is 0 Å². The van der Waals surface area contributed by atoms with Crippen LogP contribution in [0.25, 0.3) is 5.69 Å². The molecule has 0 aliphatic heterocycles. The lowest BCUT2D eigenvalue weighted by Gasteiger charge is -2.15. The van der Waals surface area contributed by atoms with E-state index in [1.165, 1.54) is 11.9 Å². The Morgan fingerprint density at radius 3 is 2.56 bits per heavy atom. The summed E-state index contributed by atoms with van der Waals surface area (Å²) in [5.74, 6) is 0.859. The minimum Gasteiger partial charge on any atom is -0.494 e. The van der Waals surface area contributed by atoms with Crippen molar-refractivity contribution >= 4 is 5.91 Å². The Hall–Kier alpha value is -3.15. The Bertz CT molecular complexity index is 843. The van der Waals surface area contributed by atoms with Gasteiger partial charge < -0.3 is 10.1 Å². The van der Waals surface area contributed by atoms with Crippen LogP contribution in [0, 0.1) is 6.92 Å². The maximum Gasteiger partial charge on any atom is 0.220 e. The van der Waals surface area contributed by atoms with Gasteiger partial charge in [-0.1, -0.05) is 29.8 Å². The highest BCUT2D eigenvalue weighted by Crippen LogP contribution is 2.16. The predicted molar refractivity (Wildman–Crippen MR) is 104 cm³/mol. The van der Waals surface area contributed by atoms with Gasteiger partial charge in [-0.25, -0.2) is 9.67 Å². The highest BCUT2D eigenvalue weighted by atomic mass is 16.5. The molecule has 2 aromatic carbocycles. The number of aryl methyl sites for hydroxylation is 1.